The van der Waals surface area contributed by atoms with Crippen molar-refractivity contribution in [3.05, 3.63) is 80.9 Å². The Morgan fingerprint density at radius 2 is 1.87 bits per heavy atom. The van der Waals surface area contributed by atoms with Crippen molar-refractivity contribution in [2.24, 2.45) is 4.99 Å². The number of amides is 1. The number of thioether (sulfide) groups is 1. The molecule has 1 N–H and O–H groups in total. The van der Waals surface area contributed by atoms with Gasteiger partial charge >= 0.3 is 6.18 Å². The van der Waals surface area contributed by atoms with E-state index in [4.69, 9.17) is 27.6 Å². The third-order valence-corrected chi connectivity index (χ3v) is 5.62. The smallest absolute Gasteiger partial charge is 0.417 e. The lowest BCUT2D eigenvalue weighted by Gasteiger charge is -2.09. The van der Waals surface area contributed by atoms with Crippen molar-refractivity contribution in [3.63, 3.8) is 0 Å². The summed E-state index contributed by atoms with van der Waals surface area (Å²) in [7, 11) is 0. The third-order valence-electron chi connectivity index (χ3n) is 4.15. The van der Waals surface area contributed by atoms with E-state index < -0.39 is 22.7 Å². The minimum absolute atomic E-state index is 0.0158. The van der Waals surface area contributed by atoms with Gasteiger partial charge in [0.2, 0.25) is 0 Å². The first-order chi connectivity index (χ1) is 14.7. The van der Waals surface area contributed by atoms with Gasteiger partial charge in [-0.25, -0.2) is 4.99 Å². The number of furan rings is 1. The van der Waals surface area contributed by atoms with Crippen molar-refractivity contribution in [1.29, 1.82) is 0 Å². The molecule has 1 aliphatic rings. The highest BCUT2D eigenvalue weighted by Crippen LogP contribution is 2.37. The van der Waals surface area contributed by atoms with Crippen molar-refractivity contribution >= 4 is 57.8 Å². The largest absolute Gasteiger partial charge is 0.457 e. The summed E-state index contributed by atoms with van der Waals surface area (Å²) in [5.41, 5.74) is -0.196. The van der Waals surface area contributed by atoms with Crippen LogP contribution in [0.4, 0.5) is 18.9 Å². The average molecular weight is 483 g/mol. The first kappa shape index (κ1) is 21.5. The Labute approximate surface area is 188 Å². The Balaban J connectivity index is 1.56. The molecule has 1 aliphatic heterocycles. The second-order valence-corrected chi connectivity index (χ2v) is 8.23. The molecule has 0 unspecified atom stereocenters. The zero-order chi connectivity index (χ0) is 22.2. The second kappa shape index (κ2) is 8.45. The topological polar surface area (TPSA) is 54.6 Å². The first-order valence-corrected chi connectivity index (χ1v) is 10.3. The van der Waals surface area contributed by atoms with E-state index in [0.717, 1.165) is 29.5 Å². The Hall–Kier alpha value is -2.68. The number of alkyl halides is 3. The van der Waals surface area contributed by atoms with Crippen LogP contribution < -0.4 is 5.32 Å². The summed E-state index contributed by atoms with van der Waals surface area (Å²) in [5, 5.41) is 2.81. The van der Waals surface area contributed by atoms with Gasteiger partial charge in [0.05, 0.1) is 21.2 Å². The third kappa shape index (κ3) is 4.98. The van der Waals surface area contributed by atoms with Gasteiger partial charge in [-0.3, -0.25) is 4.79 Å². The molecule has 0 spiro atoms. The minimum atomic E-state index is -4.61. The van der Waals surface area contributed by atoms with Crippen molar-refractivity contribution in [3.8, 4) is 11.3 Å². The first-order valence-electron chi connectivity index (χ1n) is 8.71. The zero-order valence-electron chi connectivity index (χ0n) is 15.3. The van der Waals surface area contributed by atoms with E-state index in [-0.39, 0.29) is 15.8 Å². The summed E-state index contributed by atoms with van der Waals surface area (Å²) in [6, 6.07) is 13.8. The molecule has 1 saturated heterocycles. The van der Waals surface area contributed by atoms with Gasteiger partial charge in [-0.15, -0.1) is 0 Å². The molecule has 4 nitrogen and oxygen atoms in total. The Bertz CT molecular complexity index is 1240. The zero-order valence-corrected chi connectivity index (χ0v) is 17.7. The molecule has 158 valence electrons. The Morgan fingerprint density at radius 3 is 2.61 bits per heavy atom. The highest BCUT2D eigenvalue weighted by molar-refractivity contribution is 8.18. The standard InChI is InChI=1S/C21H11Cl2F3N2O2S/c22-12-3-1-2-11(8-12)17-7-5-14(30-17)10-18-19(29)28-20(31-18)27-13-4-6-16(23)15(9-13)21(24,25)26/h1-10H,(H,27,28,29)/b18-10+. The molecule has 10 heteroatoms. The van der Waals surface area contributed by atoms with E-state index in [2.05, 4.69) is 10.3 Å². The maximum absolute atomic E-state index is 13.0. The monoisotopic (exact) mass is 482 g/mol. The number of hydrogen-bond acceptors (Lipinski definition) is 4. The number of carbonyl (C=O) groups is 1. The lowest BCUT2D eigenvalue weighted by atomic mass is 10.2. The van der Waals surface area contributed by atoms with Gasteiger partial charge in [-0.05, 0) is 54.2 Å². The van der Waals surface area contributed by atoms with Gasteiger partial charge in [0.1, 0.15) is 11.5 Å². The van der Waals surface area contributed by atoms with Crippen molar-refractivity contribution < 1.29 is 22.4 Å². The lowest BCUT2D eigenvalue weighted by molar-refractivity contribution is -0.137. The van der Waals surface area contributed by atoms with Gasteiger partial charge < -0.3 is 9.73 Å². The van der Waals surface area contributed by atoms with Crippen LogP contribution in [0.2, 0.25) is 10.0 Å². The van der Waals surface area contributed by atoms with Gasteiger partial charge in [-0.2, -0.15) is 13.2 Å². The molecule has 0 bridgehead atoms. The Kier molecular flexibility index (Phi) is 5.88. The molecule has 1 fully saturated rings. The number of amidine groups is 1. The van der Waals surface area contributed by atoms with Crippen molar-refractivity contribution in [2.45, 2.75) is 6.18 Å². The highest BCUT2D eigenvalue weighted by atomic mass is 35.5. The molecule has 0 atom stereocenters. The lowest BCUT2D eigenvalue weighted by Crippen LogP contribution is -2.19. The van der Waals surface area contributed by atoms with Crippen molar-refractivity contribution in [2.75, 3.05) is 0 Å². The van der Waals surface area contributed by atoms with Crippen LogP contribution in [0.1, 0.15) is 11.3 Å². The summed E-state index contributed by atoms with van der Waals surface area (Å²) in [4.78, 5) is 16.6. The van der Waals surface area contributed by atoms with Crippen molar-refractivity contribution in [1.82, 2.24) is 5.32 Å². The molecule has 31 heavy (non-hydrogen) atoms. The summed E-state index contributed by atoms with van der Waals surface area (Å²) >= 11 is 12.6. The molecule has 0 saturated carbocycles. The van der Waals surface area contributed by atoms with E-state index in [0.29, 0.717) is 16.5 Å². The summed E-state index contributed by atoms with van der Waals surface area (Å²) < 4.78 is 44.8. The maximum Gasteiger partial charge on any atom is 0.417 e. The quantitative estimate of drug-likeness (QED) is 0.402. The molecule has 1 amide bonds. The number of nitrogens with one attached hydrogen (secondary N) is 1. The van der Waals surface area contributed by atoms with Crippen LogP contribution in [-0.2, 0) is 11.0 Å². The maximum atomic E-state index is 13.0. The van der Waals surface area contributed by atoms with E-state index >= 15 is 0 Å². The van der Waals surface area contributed by atoms with Crippen LogP contribution in [0.3, 0.4) is 0 Å². The fraction of sp³-hybridized carbons (Fsp3) is 0.0476. The SMILES string of the molecule is O=C1NC(=Nc2ccc(Cl)c(C(F)(F)F)c2)S/C1=C/c1ccc(-c2cccc(Cl)c2)o1. The van der Waals surface area contributed by atoms with Crippen LogP contribution in [0.25, 0.3) is 17.4 Å². The predicted molar refractivity (Wildman–Crippen MR) is 116 cm³/mol. The number of nitrogens with zero attached hydrogens (tertiary/aromatic N) is 1. The average Bonchev–Trinajstić information content (AvgIpc) is 3.29. The van der Waals surface area contributed by atoms with E-state index in [1.54, 1.807) is 30.3 Å². The molecule has 2 aromatic carbocycles. The van der Waals surface area contributed by atoms with Crippen LogP contribution in [0, 0.1) is 0 Å². The fourth-order valence-corrected chi connectivity index (χ4v) is 3.99. The van der Waals surface area contributed by atoms with Crippen LogP contribution >= 0.6 is 35.0 Å². The summed E-state index contributed by atoms with van der Waals surface area (Å²) in [6.45, 7) is 0. The minimum Gasteiger partial charge on any atom is -0.457 e. The van der Waals surface area contributed by atoms with E-state index in [1.165, 1.54) is 12.1 Å². The molecular formula is C21H11Cl2F3N2O2S. The fourth-order valence-electron chi connectivity index (χ4n) is 2.75. The van der Waals surface area contributed by atoms with Crippen LogP contribution in [-0.4, -0.2) is 11.1 Å². The van der Waals surface area contributed by atoms with Gasteiger partial charge in [0, 0.05) is 16.7 Å². The molecule has 0 radical (unpaired) electrons. The van der Waals surface area contributed by atoms with E-state index in [1.807, 2.05) is 6.07 Å². The van der Waals surface area contributed by atoms with E-state index in [9.17, 15) is 18.0 Å². The molecule has 2 heterocycles. The summed E-state index contributed by atoms with van der Waals surface area (Å²) in [6.07, 6.45) is -3.08. The normalized spacial score (nSPS) is 16.9. The molecular weight excluding hydrogens is 472 g/mol. The number of benzene rings is 2. The number of aliphatic imine (C=N–C) groups is 1. The van der Waals surface area contributed by atoms with Crippen LogP contribution in [0.15, 0.2) is 68.9 Å². The molecule has 3 aromatic rings. The number of carbonyl (C=O) groups excluding carboxylic acids is 1. The highest BCUT2D eigenvalue weighted by Gasteiger charge is 2.33. The number of halogens is 5. The second-order valence-electron chi connectivity index (χ2n) is 6.36. The molecule has 0 aliphatic carbocycles. The molecule has 4 rings (SSSR count). The van der Waals surface area contributed by atoms with Gasteiger partial charge in [-0.1, -0.05) is 35.3 Å². The Morgan fingerprint density at radius 1 is 1.06 bits per heavy atom. The number of rotatable bonds is 3. The van der Waals surface area contributed by atoms with Gasteiger partial charge in [0.15, 0.2) is 5.17 Å². The molecule has 1 aromatic heterocycles. The number of hydrogen-bond donors (Lipinski definition) is 1. The summed E-state index contributed by atoms with van der Waals surface area (Å²) in [5.74, 6) is 0.571. The van der Waals surface area contributed by atoms with Crippen LogP contribution in [0.5, 0.6) is 0 Å². The van der Waals surface area contributed by atoms with Gasteiger partial charge in [0.25, 0.3) is 5.91 Å². The predicted octanol–water partition coefficient (Wildman–Crippen LogP) is 7.16.